The van der Waals surface area contributed by atoms with Gasteiger partial charge in [0.05, 0.1) is 6.07 Å². The highest BCUT2D eigenvalue weighted by Crippen LogP contribution is 2.14. The van der Waals surface area contributed by atoms with E-state index in [1.807, 2.05) is 0 Å². The Bertz CT molecular complexity index is 329. The third kappa shape index (κ3) is 1.34. The van der Waals surface area contributed by atoms with Crippen molar-refractivity contribution < 1.29 is 14.5 Å². The minimum absolute atomic E-state index is 0.0378. The van der Waals surface area contributed by atoms with Gasteiger partial charge < -0.3 is 15.4 Å². The number of hydrogen-bond acceptors (Lipinski definition) is 5. The molecule has 0 saturated heterocycles. The van der Waals surface area contributed by atoms with E-state index in [2.05, 4.69) is 9.57 Å². The molecule has 1 heterocycles. The summed E-state index contributed by atoms with van der Waals surface area (Å²) in [4.78, 5) is 9.38. The smallest absolute Gasteiger partial charge is 0.409 e. The minimum Gasteiger partial charge on any atom is -0.409 e. The lowest BCUT2D eigenvalue weighted by molar-refractivity contribution is -0.402. The van der Waals surface area contributed by atoms with E-state index in [9.17, 15) is 10.1 Å². The number of rotatable bonds is 2. The summed E-state index contributed by atoms with van der Waals surface area (Å²) in [6.45, 7) is 0. The van der Waals surface area contributed by atoms with Crippen LogP contribution in [0.15, 0.2) is 21.7 Å². The molecule has 1 aromatic rings. The maximum Gasteiger partial charge on any atom is 0.433 e. The maximum atomic E-state index is 10.1. The zero-order valence-corrected chi connectivity index (χ0v) is 5.80. The molecule has 12 heavy (non-hydrogen) atoms. The minimum atomic E-state index is -0.714. The third-order valence-corrected chi connectivity index (χ3v) is 1.13. The van der Waals surface area contributed by atoms with Crippen molar-refractivity contribution in [1.29, 1.82) is 0 Å². The van der Waals surface area contributed by atoms with Gasteiger partial charge in [0.25, 0.3) is 0 Å². The highest BCUT2D eigenvalue weighted by atomic mass is 16.6. The summed E-state index contributed by atoms with van der Waals surface area (Å²) in [7, 11) is 0. The van der Waals surface area contributed by atoms with Gasteiger partial charge >= 0.3 is 5.88 Å². The number of nitrogens with two attached hydrogens (primary N) is 1. The average molecular weight is 171 g/mol. The van der Waals surface area contributed by atoms with Crippen molar-refractivity contribution in [1.82, 2.24) is 0 Å². The van der Waals surface area contributed by atoms with Crippen molar-refractivity contribution >= 4 is 11.7 Å². The Morgan fingerprint density at radius 3 is 2.83 bits per heavy atom. The molecule has 0 spiro atoms. The first-order valence-corrected chi connectivity index (χ1v) is 2.87. The second-order valence-corrected chi connectivity index (χ2v) is 1.88. The summed E-state index contributed by atoms with van der Waals surface area (Å²) in [6.07, 6.45) is 0. The van der Waals surface area contributed by atoms with Crippen LogP contribution < -0.4 is 5.73 Å². The molecule has 0 atom stereocenters. The van der Waals surface area contributed by atoms with E-state index in [-0.39, 0.29) is 11.6 Å². The van der Waals surface area contributed by atoms with Gasteiger partial charge in [0.2, 0.25) is 5.84 Å². The lowest BCUT2D eigenvalue weighted by Gasteiger charge is -1.88. The number of furan rings is 1. The number of amidine groups is 1. The molecule has 0 radical (unpaired) electrons. The van der Waals surface area contributed by atoms with Crippen LogP contribution in [0, 0.1) is 10.1 Å². The Morgan fingerprint density at radius 2 is 2.42 bits per heavy atom. The van der Waals surface area contributed by atoms with Crippen molar-refractivity contribution in [3.8, 4) is 0 Å². The number of nitro groups is 1. The third-order valence-electron chi connectivity index (χ3n) is 1.13. The van der Waals surface area contributed by atoms with Crippen LogP contribution in [0.3, 0.4) is 0 Å². The van der Waals surface area contributed by atoms with Gasteiger partial charge in [0.1, 0.15) is 4.92 Å². The van der Waals surface area contributed by atoms with E-state index in [1.165, 1.54) is 6.07 Å². The maximum absolute atomic E-state index is 10.1. The Kier molecular flexibility index (Phi) is 1.95. The predicted molar refractivity (Wildman–Crippen MR) is 37.9 cm³/mol. The zero-order valence-electron chi connectivity index (χ0n) is 5.80. The fraction of sp³-hybridized carbons (Fsp3) is 0. The summed E-state index contributed by atoms with van der Waals surface area (Å²) in [5.74, 6) is -0.788. The molecule has 0 aliphatic carbocycles. The highest BCUT2D eigenvalue weighted by Gasteiger charge is 2.13. The largest absolute Gasteiger partial charge is 0.433 e. The van der Waals surface area contributed by atoms with Crippen LogP contribution in [0.1, 0.15) is 5.76 Å². The molecular formula is C5H5N3O4. The van der Waals surface area contributed by atoms with Crippen LogP contribution in [0.2, 0.25) is 0 Å². The molecule has 1 aromatic heterocycles. The predicted octanol–water partition coefficient (Wildman–Crippen LogP) is 0.282. The van der Waals surface area contributed by atoms with Gasteiger partial charge in [-0.25, -0.2) is 0 Å². The van der Waals surface area contributed by atoms with E-state index in [4.69, 9.17) is 10.9 Å². The summed E-state index contributed by atoms with van der Waals surface area (Å²) in [6, 6.07) is 2.36. The number of nitrogens with zero attached hydrogens (tertiary/aromatic N) is 2. The monoisotopic (exact) mass is 171 g/mol. The van der Waals surface area contributed by atoms with Gasteiger partial charge in [-0.1, -0.05) is 5.16 Å². The summed E-state index contributed by atoms with van der Waals surface area (Å²) in [5.41, 5.74) is 5.09. The Labute approximate surface area is 66.2 Å². The standard InChI is InChI=1S/C5H5N3O4/c6-5(7-9)3-1-2-4(12-3)8(10)11/h1-2,9H,(H2,6,7). The molecule has 1 rings (SSSR count). The van der Waals surface area contributed by atoms with E-state index in [0.717, 1.165) is 6.07 Å². The quantitative estimate of drug-likeness (QED) is 0.218. The van der Waals surface area contributed by atoms with E-state index in [1.54, 1.807) is 0 Å². The molecule has 0 bridgehead atoms. The summed E-state index contributed by atoms with van der Waals surface area (Å²) < 4.78 is 4.58. The molecule has 64 valence electrons. The van der Waals surface area contributed by atoms with Gasteiger partial charge in [-0.2, -0.15) is 0 Å². The lowest BCUT2D eigenvalue weighted by atomic mass is 10.4. The average Bonchev–Trinajstić information content (AvgIpc) is 2.51. The van der Waals surface area contributed by atoms with Crippen molar-refractivity contribution in [2.45, 2.75) is 0 Å². The highest BCUT2D eigenvalue weighted by molar-refractivity contribution is 5.94. The van der Waals surface area contributed by atoms with E-state index in [0.29, 0.717) is 0 Å². The Balaban J connectivity index is 2.99. The molecule has 0 aliphatic rings. The molecule has 0 unspecified atom stereocenters. The van der Waals surface area contributed by atoms with E-state index < -0.39 is 10.8 Å². The van der Waals surface area contributed by atoms with Crippen molar-refractivity contribution in [3.63, 3.8) is 0 Å². The van der Waals surface area contributed by atoms with Gasteiger partial charge in [0.15, 0.2) is 5.76 Å². The van der Waals surface area contributed by atoms with Gasteiger partial charge in [-0.15, -0.1) is 0 Å². The van der Waals surface area contributed by atoms with Crippen molar-refractivity contribution in [2.75, 3.05) is 0 Å². The molecule has 7 nitrogen and oxygen atoms in total. The Hall–Kier alpha value is -2.05. The second-order valence-electron chi connectivity index (χ2n) is 1.88. The summed E-state index contributed by atoms with van der Waals surface area (Å²) in [5, 5.41) is 20.9. The van der Waals surface area contributed by atoms with E-state index >= 15 is 0 Å². The zero-order chi connectivity index (χ0) is 9.14. The van der Waals surface area contributed by atoms with Gasteiger partial charge in [0, 0.05) is 0 Å². The molecule has 0 aliphatic heterocycles. The molecule has 0 saturated carbocycles. The van der Waals surface area contributed by atoms with Gasteiger partial charge in [-0.05, 0) is 6.07 Å². The normalized spacial score (nSPS) is 11.5. The first kappa shape index (κ1) is 8.05. The first-order valence-electron chi connectivity index (χ1n) is 2.87. The molecule has 0 amide bonds. The number of oxime groups is 1. The van der Waals surface area contributed by atoms with Crippen molar-refractivity contribution in [2.24, 2.45) is 10.9 Å². The van der Waals surface area contributed by atoms with Crippen LogP contribution >= 0.6 is 0 Å². The van der Waals surface area contributed by atoms with Crippen LogP contribution in [-0.2, 0) is 0 Å². The van der Waals surface area contributed by atoms with Crippen molar-refractivity contribution in [3.05, 3.63) is 28.0 Å². The molecule has 0 aromatic carbocycles. The summed E-state index contributed by atoms with van der Waals surface area (Å²) >= 11 is 0. The first-order chi connectivity index (χ1) is 5.65. The van der Waals surface area contributed by atoms with Crippen LogP contribution in [-0.4, -0.2) is 16.0 Å². The van der Waals surface area contributed by atoms with Gasteiger partial charge in [-0.3, -0.25) is 10.1 Å². The van der Waals surface area contributed by atoms with Crippen LogP contribution in [0.5, 0.6) is 0 Å². The fourth-order valence-corrected chi connectivity index (χ4v) is 0.613. The molecule has 0 fully saturated rings. The molecule has 3 N–H and O–H groups in total. The topological polar surface area (TPSA) is 115 Å². The second kappa shape index (κ2) is 2.91. The van der Waals surface area contributed by atoms with Crippen LogP contribution in [0.4, 0.5) is 5.88 Å². The SMILES string of the molecule is NC(=NO)c1ccc([N+](=O)[O-])o1. The van der Waals surface area contributed by atoms with Crippen LogP contribution in [0.25, 0.3) is 0 Å². The molecular weight excluding hydrogens is 166 g/mol. The fourth-order valence-electron chi connectivity index (χ4n) is 0.613. The Morgan fingerprint density at radius 1 is 1.75 bits per heavy atom. The number of hydrogen-bond donors (Lipinski definition) is 2. The molecule has 7 heteroatoms. The lowest BCUT2D eigenvalue weighted by Crippen LogP contribution is -2.11.